The van der Waals surface area contributed by atoms with Gasteiger partial charge in [-0.3, -0.25) is 4.79 Å². The van der Waals surface area contributed by atoms with E-state index in [9.17, 15) is 18.0 Å². The Kier molecular flexibility index (Phi) is 6.68. The summed E-state index contributed by atoms with van der Waals surface area (Å²) in [5, 5.41) is 0. The Balaban J connectivity index is 2.98. The highest BCUT2D eigenvalue weighted by Gasteiger charge is 2.31. The van der Waals surface area contributed by atoms with E-state index in [1.807, 2.05) is 0 Å². The van der Waals surface area contributed by atoms with E-state index in [2.05, 4.69) is 6.58 Å². The van der Waals surface area contributed by atoms with Crippen molar-refractivity contribution in [3.8, 4) is 11.5 Å². The summed E-state index contributed by atoms with van der Waals surface area (Å²) in [5.74, 6) is 0.0811. The summed E-state index contributed by atoms with van der Waals surface area (Å²) in [6, 6.07) is 5.02. The van der Waals surface area contributed by atoms with Gasteiger partial charge < -0.3 is 14.4 Å². The number of rotatable bonds is 7. The van der Waals surface area contributed by atoms with Crippen LogP contribution >= 0.6 is 0 Å². The zero-order valence-electron chi connectivity index (χ0n) is 12.9. The highest BCUT2D eigenvalue weighted by atomic mass is 19.4. The lowest BCUT2D eigenvalue weighted by Crippen LogP contribution is -2.38. The number of halogens is 3. The van der Waals surface area contributed by atoms with Crippen molar-refractivity contribution in [2.75, 3.05) is 27.3 Å². The average molecular weight is 329 g/mol. The van der Waals surface area contributed by atoms with Crippen molar-refractivity contribution in [3.63, 3.8) is 0 Å². The first kappa shape index (κ1) is 18.6. The lowest BCUT2D eigenvalue weighted by molar-refractivity contribution is -0.157. The van der Waals surface area contributed by atoms with Gasteiger partial charge in [-0.05, 0) is 12.1 Å². The van der Waals surface area contributed by atoms with Gasteiger partial charge in [-0.1, -0.05) is 18.2 Å². The monoisotopic (exact) mass is 329 g/mol. The number of carbonyl (C=O) groups is 1. The molecule has 0 radical (unpaired) electrons. The largest absolute Gasteiger partial charge is 0.493 e. The number of ether oxygens (including phenoxy) is 2. The molecule has 0 saturated heterocycles. The Bertz CT molecular complexity index is 582. The SMILES string of the molecule is C=CCN(CC(F)(F)F)C(=O)/C=C/c1cccc(OC)c1OC. The maximum absolute atomic E-state index is 12.5. The van der Waals surface area contributed by atoms with E-state index < -0.39 is 18.6 Å². The van der Waals surface area contributed by atoms with Crippen molar-refractivity contribution < 1.29 is 27.4 Å². The second-order valence-corrected chi connectivity index (χ2v) is 4.54. The topological polar surface area (TPSA) is 38.8 Å². The van der Waals surface area contributed by atoms with Gasteiger partial charge >= 0.3 is 6.18 Å². The van der Waals surface area contributed by atoms with E-state index in [-0.39, 0.29) is 6.54 Å². The van der Waals surface area contributed by atoms with Crippen molar-refractivity contribution in [1.29, 1.82) is 0 Å². The molecule has 1 aromatic carbocycles. The van der Waals surface area contributed by atoms with Gasteiger partial charge in [0.15, 0.2) is 11.5 Å². The maximum atomic E-state index is 12.5. The Morgan fingerprint density at radius 1 is 1.30 bits per heavy atom. The van der Waals surface area contributed by atoms with Crippen LogP contribution in [0.15, 0.2) is 36.9 Å². The third-order valence-corrected chi connectivity index (χ3v) is 2.87. The van der Waals surface area contributed by atoms with Gasteiger partial charge in [0.1, 0.15) is 6.54 Å². The number of amides is 1. The summed E-state index contributed by atoms with van der Waals surface area (Å²) in [6.45, 7) is 1.83. The number of benzene rings is 1. The normalized spacial score (nSPS) is 11.3. The van der Waals surface area contributed by atoms with Crippen LogP contribution < -0.4 is 9.47 Å². The smallest absolute Gasteiger partial charge is 0.406 e. The van der Waals surface area contributed by atoms with Gasteiger partial charge in [0, 0.05) is 18.2 Å². The molecule has 0 heterocycles. The Morgan fingerprint density at radius 2 is 2.00 bits per heavy atom. The molecular formula is C16H18F3NO3. The zero-order valence-corrected chi connectivity index (χ0v) is 12.9. The molecule has 0 aliphatic carbocycles. The van der Waals surface area contributed by atoms with E-state index in [1.54, 1.807) is 18.2 Å². The molecule has 126 valence electrons. The quantitative estimate of drug-likeness (QED) is 0.569. The van der Waals surface area contributed by atoms with Crippen molar-refractivity contribution in [3.05, 3.63) is 42.5 Å². The lowest BCUT2D eigenvalue weighted by atomic mass is 10.1. The molecule has 0 bridgehead atoms. The van der Waals surface area contributed by atoms with Crippen LogP contribution in [0.25, 0.3) is 6.08 Å². The first-order valence-electron chi connectivity index (χ1n) is 6.68. The van der Waals surface area contributed by atoms with Crippen LogP contribution in [0, 0.1) is 0 Å². The Morgan fingerprint density at radius 3 is 2.52 bits per heavy atom. The molecule has 0 atom stereocenters. The molecule has 0 saturated carbocycles. The summed E-state index contributed by atoms with van der Waals surface area (Å²) in [4.78, 5) is 12.6. The Labute approximate surface area is 132 Å². The molecule has 0 aliphatic heterocycles. The molecule has 0 aliphatic rings. The van der Waals surface area contributed by atoms with E-state index in [1.165, 1.54) is 26.4 Å². The van der Waals surface area contributed by atoms with Gasteiger partial charge in [-0.25, -0.2) is 0 Å². The zero-order chi connectivity index (χ0) is 17.5. The van der Waals surface area contributed by atoms with Crippen LogP contribution in [0.5, 0.6) is 11.5 Å². The minimum atomic E-state index is -4.47. The number of alkyl halides is 3. The van der Waals surface area contributed by atoms with Gasteiger partial charge in [-0.2, -0.15) is 13.2 Å². The summed E-state index contributed by atoms with van der Waals surface area (Å²) >= 11 is 0. The van der Waals surface area contributed by atoms with Gasteiger partial charge in [0.25, 0.3) is 0 Å². The van der Waals surface area contributed by atoms with Crippen LogP contribution in [0.2, 0.25) is 0 Å². The summed E-state index contributed by atoms with van der Waals surface area (Å²) in [7, 11) is 2.90. The van der Waals surface area contributed by atoms with Crippen molar-refractivity contribution in [1.82, 2.24) is 4.90 Å². The fraction of sp³-hybridized carbons (Fsp3) is 0.312. The standard InChI is InChI=1S/C16H18F3NO3/c1-4-10-20(11-16(17,18)19)14(21)9-8-12-6-5-7-13(22-2)15(12)23-3/h4-9H,1,10-11H2,2-3H3/b9-8+. The molecule has 0 fully saturated rings. The molecule has 1 rings (SSSR count). The number of carbonyl (C=O) groups excluding carboxylic acids is 1. The molecule has 4 nitrogen and oxygen atoms in total. The molecule has 0 spiro atoms. The predicted octanol–water partition coefficient (Wildman–Crippen LogP) is 3.29. The summed E-state index contributed by atoms with van der Waals surface area (Å²) in [5.41, 5.74) is 0.519. The van der Waals surface area contributed by atoms with Crippen LogP contribution in [-0.2, 0) is 4.79 Å². The highest BCUT2D eigenvalue weighted by molar-refractivity contribution is 5.92. The van der Waals surface area contributed by atoms with Crippen LogP contribution in [0.4, 0.5) is 13.2 Å². The number of para-hydroxylation sites is 1. The molecule has 0 aromatic heterocycles. The fourth-order valence-electron chi connectivity index (χ4n) is 1.91. The average Bonchev–Trinajstić information content (AvgIpc) is 2.50. The van der Waals surface area contributed by atoms with Crippen LogP contribution in [0.1, 0.15) is 5.56 Å². The molecule has 0 N–H and O–H groups in total. The third kappa shape index (κ3) is 5.69. The minimum Gasteiger partial charge on any atom is -0.493 e. The van der Waals surface area contributed by atoms with Gasteiger partial charge in [-0.15, -0.1) is 6.58 Å². The number of hydrogen-bond donors (Lipinski definition) is 0. The fourth-order valence-corrected chi connectivity index (χ4v) is 1.91. The van der Waals surface area contributed by atoms with E-state index in [0.717, 1.165) is 6.08 Å². The molecule has 23 heavy (non-hydrogen) atoms. The first-order valence-corrected chi connectivity index (χ1v) is 6.68. The van der Waals surface area contributed by atoms with Crippen LogP contribution in [-0.4, -0.2) is 44.3 Å². The summed E-state index contributed by atoms with van der Waals surface area (Å²) in [6.07, 6.45) is -0.785. The molecule has 0 unspecified atom stereocenters. The second-order valence-electron chi connectivity index (χ2n) is 4.54. The van der Waals surface area contributed by atoms with Crippen molar-refractivity contribution >= 4 is 12.0 Å². The van der Waals surface area contributed by atoms with E-state index in [0.29, 0.717) is 22.0 Å². The van der Waals surface area contributed by atoms with Crippen molar-refractivity contribution in [2.24, 2.45) is 0 Å². The van der Waals surface area contributed by atoms with Gasteiger partial charge in [0.05, 0.1) is 14.2 Å². The van der Waals surface area contributed by atoms with E-state index in [4.69, 9.17) is 9.47 Å². The predicted molar refractivity (Wildman–Crippen MR) is 81.4 cm³/mol. The molecule has 7 heteroatoms. The minimum absolute atomic E-state index is 0.196. The van der Waals surface area contributed by atoms with Crippen molar-refractivity contribution in [2.45, 2.75) is 6.18 Å². The molecular weight excluding hydrogens is 311 g/mol. The summed E-state index contributed by atoms with van der Waals surface area (Å²) < 4.78 is 47.8. The Hall–Kier alpha value is -2.44. The number of nitrogens with zero attached hydrogens (tertiary/aromatic N) is 1. The highest BCUT2D eigenvalue weighted by Crippen LogP contribution is 2.31. The van der Waals surface area contributed by atoms with E-state index >= 15 is 0 Å². The first-order chi connectivity index (χ1) is 10.8. The maximum Gasteiger partial charge on any atom is 0.406 e. The number of methoxy groups -OCH3 is 2. The lowest BCUT2D eigenvalue weighted by Gasteiger charge is -2.21. The molecule has 1 aromatic rings. The van der Waals surface area contributed by atoms with Crippen LogP contribution in [0.3, 0.4) is 0 Å². The second kappa shape index (κ2) is 8.26. The third-order valence-electron chi connectivity index (χ3n) is 2.87. The van der Waals surface area contributed by atoms with Gasteiger partial charge in [0.2, 0.25) is 5.91 Å². The number of hydrogen-bond acceptors (Lipinski definition) is 3. The molecule has 1 amide bonds.